The molecule has 0 bridgehead atoms. The van der Waals surface area contributed by atoms with Crippen LogP contribution < -0.4 is 9.64 Å². The van der Waals surface area contributed by atoms with Crippen molar-refractivity contribution in [3.8, 4) is 5.88 Å². The number of carboxylic acid groups (broad SMARTS) is 1. The van der Waals surface area contributed by atoms with E-state index in [-0.39, 0.29) is 17.7 Å². The van der Waals surface area contributed by atoms with E-state index in [9.17, 15) is 18.0 Å². The van der Waals surface area contributed by atoms with E-state index in [2.05, 4.69) is 15.4 Å². The van der Waals surface area contributed by atoms with E-state index in [1.807, 2.05) is 4.90 Å². The summed E-state index contributed by atoms with van der Waals surface area (Å²) in [6.45, 7) is 1.16. The lowest BCUT2D eigenvalue weighted by molar-refractivity contribution is -0.137. The van der Waals surface area contributed by atoms with Crippen LogP contribution in [0.4, 0.5) is 18.9 Å². The van der Waals surface area contributed by atoms with Crippen molar-refractivity contribution in [1.82, 2.24) is 15.4 Å². The first kappa shape index (κ1) is 17.1. The first-order valence-corrected chi connectivity index (χ1v) is 7.58. The molecule has 7 nitrogen and oxygen atoms in total. The van der Waals surface area contributed by atoms with Crippen LogP contribution in [0.25, 0.3) is 0 Å². The van der Waals surface area contributed by atoms with Crippen LogP contribution in [0.3, 0.4) is 0 Å². The number of carboxylic acids is 1. The zero-order chi connectivity index (χ0) is 18.0. The Balaban J connectivity index is 1.58. The Morgan fingerprint density at radius 1 is 1.24 bits per heavy atom. The number of halogens is 3. The molecule has 0 atom stereocenters. The maximum atomic E-state index is 12.6. The highest BCUT2D eigenvalue weighted by atomic mass is 19.4. The molecule has 2 aromatic rings. The second kappa shape index (κ2) is 6.61. The van der Waals surface area contributed by atoms with Gasteiger partial charge < -0.3 is 14.7 Å². The number of ether oxygens (including phenoxy) is 1. The number of carbonyl (C=O) groups is 1. The maximum absolute atomic E-state index is 12.6. The summed E-state index contributed by atoms with van der Waals surface area (Å²) in [6.07, 6.45) is -3.40. The Morgan fingerprint density at radius 3 is 2.44 bits per heavy atom. The summed E-state index contributed by atoms with van der Waals surface area (Å²) in [4.78, 5) is 12.9. The number of H-pyrrole nitrogens is 1. The van der Waals surface area contributed by atoms with Gasteiger partial charge in [-0.25, -0.2) is 9.89 Å². The molecule has 0 amide bonds. The number of nitrogens with one attached hydrogen (secondary N) is 1. The zero-order valence-corrected chi connectivity index (χ0v) is 13.0. The number of aromatic carboxylic acids is 1. The Bertz CT molecular complexity index is 737. The molecule has 2 heterocycles. The van der Waals surface area contributed by atoms with Crippen molar-refractivity contribution in [1.29, 1.82) is 0 Å². The van der Waals surface area contributed by atoms with Gasteiger partial charge in [0.05, 0.1) is 5.56 Å². The van der Waals surface area contributed by atoms with Crippen LogP contribution in [0.5, 0.6) is 5.88 Å². The normalized spacial score (nSPS) is 16.0. The summed E-state index contributed by atoms with van der Waals surface area (Å²) in [5.74, 6) is -1.26. The monoisotopic (exact) mass is 356 g/mol. The molecule has 25 heavy (non-hydrogen) atoms. The third kappa shape index (κ3) is 3.83. The molecule has 1 aromatic carbocycles. The molecule has 1 aromatic heterocycles. The molecule has 10 heteroatoms. The summed E-state index contributed by atoms with van der Waals surface area (Å²) in [5, 5.41) is 18.3. The largest absolute Gasteiger partial charge is 0.476 e. The van der Waals surface area contributed by atoms with Gasteiger partial charge in [-0.3, -0.25) is 0 Å². The average Bonchev–Trinajstić information content (AvgIpc) is 3.03. The van der Waals surface area contributed by atoms with Gasteiger partial charge in [0.1, 0.15) is 6.10 Å². The minimum Gasteiger partial charge on any atom is -0.476 e. The summed E-state index contributed by atoms with van der Waals surface area (Å²) in [5.41, 5.74) is -0.175. The minimum absolute atomic E-state index is 0.0551. The van der Waals surface area contributed by atoms with Crippen molar-refractivity contribution in [2.75, 3.05) is 18.0 Å². The van der Waals surface area contributed by atoms with Gasteiger partial charge in [0, 0.05) is 31.6 Å². The van der Waals surface area contributed by atoms with Crippen molar-refractivity contribution in [3.05, 3.63) is 35.5 Å². The van der Waals surface area contributed by atoms with E-state index < -0.39 is 17.7 Å². The van der Waals surface area contributed by atoms with Crippen LogP contribution in [-0.4, -0.2) is 45.7 Å². The van der Waals surface area contributed by atoms with E-state index in [4.69, 9.17) is 9.84 Å². The molecule has 0 radical (unpaired) electrons. The number of anilines is 1. The maximum Gasteiger partial charge on any atom is 0.416 e. The highest BCUT2D eigenvalue weighted by molar-refractivity contribution is 5.87. The SMILES string of the molecule is O=C(O)c1[nH]nnc1OC1CCN(c2ccc(C(F)(F)F)cc2)CC1. The number of rotatable bonds is 4. The van der Waals surface area contributed by atoms with Gasteiger partial charge >= 0.3 is 12.1 Å². The molecule has 0 aliphatic carbocycles. The van der Waals surface area contributed by atoms with E-state index in [1.165, 1.54) is 12.1 Å². The number of hydrogen-bond acceptors (Lipinski definition) is 5. The predicted octanol–water partition coefficient (Wildman–Crippen LogP) is 2.57. The third-order valence-corrected chi connectivity index (χ3v) is 4.01. The van der Waals surface area contributed by atoms with Gasteiger partial charge in [0.25, 0.3) is 5.88 Å². The molecular formula is C15H15F3N4O3. The number of alkyl halides is 3. The fraction of sp³-hybridized carbons (Fsp3) is 0.400. The standard InChI is InChI=1S/C15H15F3N4O3/c16-15(17,18)9-1-3-10(4-2-9)22-7-5-11(6-8-22)25-13-12(14(23)24)19-21-20-13/h1-4,11H,5-8H2,(H,23,24)(H,19,20,21). The molecule has 3 rings (SSSR count). The molecular weight excluding hydrogens is 341 g/mol. The van der Waals surface area contributed by atoms with Gasteiger partial charge in [-0.15, -0.1) is 0 Å². The van der Waals surface area contributed by atoms with Gasteiger partial charge in [-0.05, 0) is 24.3 Å². The Morgan fingerprint density at radius 2 is 1.88 bits per heavy atom. The Hall–Kier alpha value is -2.78. The number of aromatic nitrogens is 3. The lowest BCUT2D eigenvalue weighted by Crippen LogP contribution is -2.38. The van der Waals surface area contributed by atoms with Crippen molar-refractivity contribution in [2.24, 2.45) is 0 Å². The molecule has 1 aliphatic rings. The lowest BCUT2D eigenvalue weighted by Gasteiger charge is -2.33. The minimum atomic E-state index is -4.35. The predicted molar refractivity (Wildman–Crippen MR) is 80.6 cm³/mol. The molecule has 134 valence electrons. The van der Waals surface area contributed by atoms with Crippen LogP contribution >= 0.6 is 0 Å². The lowest BCUT2D eigenvalue weighted by atomic mass is 10.1. The van der Waals surface area contributed by atoms with E-state index in [0.717, 1.165) is 12.1 Å². The molecule has 1 fully saturated rings. The molecule has 0 saturated carbocycles. The topological polar surface area (TPSA) is 91.3 Å². The highest BCUT2D eigenvalue weighted by Crippen LogP contribution is 2.31. The van der Waals surface area contributed by atoms with Gasteiger partial charge in [0.2, 0.25) is 5.69 Å². The molecule has 2 N–H and O–H groups in total. The quantitative estimate of drug-likeness (QED) is 0.875. The number of benzene rings is 1. The van der Waals surface area contributed by atoms with E-state index >= 15 is 0 Å². The number of aromatic amines is 1. The fourth-order valence-corrected chi connectivity index (χ4v) is 2.69. The van der Waals surface area contributed by atoms with Crippen molar-refractivity contribution in [2.45, 2.75) is 25.1 Å². The summed E-state index contributed by atoms with van der Waals surface area (Å²) in [7, 11) is 0. The number of nitrogens with zero attached hydrogens (tertiary/aromatic N) is 3. The zero-order valence-electron chi connectivity index (χ0n) is 13.0. The first-order valence-electron chi connectivity index (χ1n) is 7.58. The van der Waals surface area contributed by atoms with Gasteiger partial charge in [-0.2, -0.15) is 13.2 Å². The van der Waals surface area contributed by atoms with Crippen LogP contribution in [0.2, 0.25) is 0 Å². The Kier molecular flexibility index (Phi) is 4.51. The number of hydrogen-bond donors (Lipinski definition) is 2. The van der Waals surface area contributed by atoms with E-state index in [0.29, 0.717) is 31.6 Å². The smallest absolute Gasteiger partial charge is 0.416 e. The second-order valence-electron chi connectivity index (χ2n) is 5.65. The first-order chi connectivity index (χ1) is 11.8. The van der Waals surface area contributed by atoms with Crippen LogP contribution in [0.1, 0.15) is 28.9 Å². The average molecular weight is 356 g/mol. The fourth-order valence-electron chi connectivity index (χ4n) is 2.69. The molecule has 0 spiro atoms. The van der Waals surface area contributed by atoms with E-state index in [1.54, 1.807) is 0 Å². The summed E-state index contributed by atoms with van der Waals surface area (Å²) < 4.78 is 43.4. The van der Waals surface area contributed by atoms with Crippen molar-refractivity contribution in [3.63, 3.8) is 0 Å². The highest BCUT2D eigenvalue weighted by Gasteiger charge is 2.30. The van der Waals surface area contributed by atoms with Crippen LogP contribution in [-0.2, 0) is 6.18 Å². The Labute approximate surface area is 140 Å². The van der Waals surface area contributed by atoms with Crippen molar-refractivity contribution >= 4 is 11.7 Å². The second-order valence-corrected chi connectivity index (χ2v) is 5.65. The summed E-state index contributed by atoms with van der Waals surface area (Å²) in [6, 6.07) is 5.02. The molecule has 1 aliphatic heterocycles. The molecule has 1 saturated heterocycles. The number of piperidine rings is 1. The third-order valence-electron chi connectivity index (χ3n) is 4.01. The van der Waals surface area contributed by atoms with Crippen LogP contribution in [0.15, 0.2) is 24.3 Å². The van der Waals surface area contributed by atoms with Crippen LogP contribution in [0, 0.1) is 0 Å². The van der Waals surface area contributed by atoms with Crippen molar-refractivity contribution < 1.29 is 27.8 Å². The molecule has 0 unspecified atom stereocenters. The summed E-state index contributed by atoms with van der Waals surface area (Å²) >= 11 is 0. The van der Waals surface area contributed by atoms with Gasteiger partial charge in [0.15, 0.2) is 0 Å². The van der Waals surface area contributed by atoms with Gasteiger partial charge in [-0.1, -0.05) is 10.3 Å².